The summed E-state index contributed by atoms with van der Waals surface area (Å²) in [6.07, 6.45) is 1.02. The number of ether oxygens (including phenoxy) is 1. The fourth-order valence-corrected chi connectivity index (χ4v) is 1.94. The SMILES string of the molecule is CN1CCOc2ccc(CCS)cc21. The Bertz CT molecular complexity index is 327. The highest BCUT2D eigenvalue weighted by Crippen LogP contribution is 2.31. The van der Waals surface area contributed by atoms with E-state index in [0.717, 1.165) is 31.1 Å². The summed E-state index contributed by atoms with van der Waals surface area (Å²) >= 11 is 4.24. The molecule has 1 aliphatic heterocycles. The van der Waals surface area contributed by atoms with Crippen LogP contribution < -0.4 is 9.64 Å². The Balaban J connectivity index is 2.31. The first-order valence-electron chi connectivity index (χ1n) is 4.89. The van der Waals surface area contributed by atoms with Crippen molar-refractivity contribution in [1.82, 2.24) is 0 Å². The number of anilines is 1. The Morgan fingerprint density at radius 3 is 3.14 bits per heavy atom. The fraction of sp³-hybridized carbons (Fsp3) is 0.455. The topological polar surface area (TPSA) is 12.5 Å². The largest absolute Gasteiger partial charge is 0.490 e. The molecule has 0 atom stereocenters. The summed E-state index contributed by atoms with van der Waals surface area (Å²) in [4.78, 5) is 2.24. The predicted molar refractivity (Wildman–Crippen MR) is 62.8 cm³/mol. The molecule has 14 heavy (non-hydrogen) atoms. The minimum absolute atomic E-state index is 0.787. The number of hydrogen-bond donors (Lipinski definition) is 1. The molecule has 76 valence electrons. The third-order valence-electron chi connectivity index (χ3n) is 2.52. The molecule has 1 aromatic carbocycles. The van der Waals surface area contributed by atoms with Gasteiger partial charge in [0.05, 0.1) is 12.2 Å². The van der Waals surface area contributed by atoms with Crippen molar-refractivity contribution in [1.29, 1.82) is 0 Å². The Kier molecular flexibility index (Phi) is 2.87. The second-order valence-corrected chi connectivity index (χ2v) is 3.99. The normalized spacial score (nSPS) is 14.9. The van der Waals surface area contributed by atoms with Gasteiger partial charge in [0.25, 0.3) is 0 Å². The lowest BCUT2D eigenvalue weighted by molar-refractivity contribution is 0.311. The van der Waals surface area contributed by atoms with Gasteiger partial charge in [0.1, 0.15) is 12.4 Å². The lowest BCUT2D eigenvalue weighted by atomic mass is 10.1. The van der Waals surface area contributed by atoms with Gasteiger partial charge in [-0.1, -0.05) is 6.07 Å². The Hall–Kier alpha value is -0.830. The zero-order valence-corrected chi connectivity index (χ0v) is 9.26. The van der Waals surface area contributed by atoms with Crippen molar-refractivity contribution >= 4 is 18.3 Å². The number of aryl methyl sites for hydroxylation is 1. The molecule has 0 unspecified atom stereocenters. The molecule has 0 fully saturated rings. The van der Waals surface area contributed by atoms with Gasteiger partial charge in [-0.25, -0.2) is 0 Å². The lowest BCUT2D eigenvalue weighted by Crippen LogP contribution is -2.28. The summed E-state index contributed by atoms with van der Waals surface area (Å²) in [6, 6.07) is 6.38. The van der Waals surface area contributed by atoms with E-state index in [-0.39, 0.29) is 0 Å². The van der Waals surface area contributed by atoms with Crippen LogP contribution in [-0.4, -0.2) is 26.0 Å². The highest BCUT2D eigenvalue weighted by atomic mass is 32.1. The van der Waals surface area contributed by atoms with E-state index in [1.54, 1.807) is 0 Å². The number of benzene rings is 1. The molecule has 0 saturated heterocycles. The molecule has 1 heterocycles. The number of fused-ring (bicyclic) bond motifs is 1. The summed E-state index contributed by atoms with van der Waals surface area (Å²) in [7, 11) is 2.10. The van der Waals surface area contributed by atoms with Crippen LogP contribution in [0.4, 0.5) is 5.69 Å². The van der Waals surface area contributed by atoms with Gasteiger partial charge in [0.15, 0.2) is 0 Å². The van der Waals surface area contributed by atoms with Gasteiger partial charge in [-0.3, -0.25) is 0 Å². The fourth-order valence-electron chi connectivity index (χ4n) is 1.68. The first kappa shape index (κ1) is 9.71. The van der Waals surface area contributed by atoms with E-state index >= 15 is 0 Å². The molecule has 0 spiro atoms. The molecule has 0 amide bonds. The maximum absolute atomic E-state index is 5.57. The zero-order valence-electron chi connectivity index (χ0n) is 8.36. The molecule has 0 radical (unpaired) electrons. The summed E-state index contributed by atoms with van der Waals surface area (Å²) in [5, 5.41) is 0. The van der Waals surface area contributed by atoms with E-state index in [4.69, 9.17) is 4.74 Å². The van der Waals surface area contributed by atoms with Gasteiger partial charge < -0.3 is 9.64 Å². The van der Waals surface area contributed by atoms with Gasteiger partial charge in [-0.2, -0.15) is 12.6 Å². The number of thiol groups is 1. The van der Waals surface area contributed by atoms with E-state index < -0.39 is 0 Å². The van der Waals surface area contributed by atoms with Crippen molar-refractivity contribution in [3.05, 3.63) is 23.8 Å². The van der Waals surface area contributed by atoms with Gasteiger partial charge in [-0.05, 0) is 29.9 Å². The van der Waals surface area contributed by atoms with Crippen LogP contribution in [0.15, 0.2) is 18.2 Å². The molecule has 0 aliphatic carbocycles. The monoisotopic (exact) mass is 209 g/mol. The lowest BCUT2D eigenvalue weighted by Gasteiger charge is -2.28. The summed E-state index contributed by atoms with van der Waals surface area (Å²) in [5.74, 6) is 1.89. The Labute approximate surface area is 90.3 Å². The molecule has 1 aliphatic rings. The predicted octanol–water partition coefficient (Wildman–Crippen LogP) is 1.99. The molecule has 1 aromatic rings. The first-order valence-corrected chi connectivity index (χ1v) is 5.52. The van der Waals surface area contributed by atoms with Crippen LogP contribution in [0.2, 0.25) is 0 Å². The smallest absolute Gasteiger partial charge is 0.142 e. The highest BCUT2D eigenvalue weighted by molar-refractivity contribution is 7.80. The molecule has 2 nitrogen and oxygen atoms in total. The number of rotatable bonds is 2. The highest BCUT2D eigenvalue weighted by Gasteiger charge is 2.14. The van der Waals surface area contributed by atoms with E-state index in [9.17, 15) is 0 Å². The second kappa shape index (κ2) is 4.13. The number of likely N-dealkylation sites (N-methyl/N-ethyl adjacent to an activating group) is 1. The van der Waals surface area contributed by atoms with Crippen LogP contribution in [-0.2, 0) is 6.42 Å². The number of nitrogens with zero attached hydrogens (tertiary/aromatic N) is 1. The molecule has 0 bridgehead atoms. The van der Waals surface area contributed by atoms with Crippen LogP contribution in [0.5, 0.6) is 5.75 Å². The molecular formula is C11H15NOS. The van der Waals surface area contributed by atoms with Crippen LogP contribution in [0, 0.1) is 0 Å². The first-order chi connectivity index (χ1) is 6.81. The average Bonchev–Trinajstić information content (AvgIpc) is 2.20. The standard InChI is InChI=1S/C11H15NOS/c1-12-5-6-13-11-3-2-9(4-7-14)8-10(11)12/h2-3,8,14H,4-7H2,1H3. The van der Waals surface area contributed by atoms with Crippen molar-refractivity contribution in [3.63, 3.8) is 0 Å². The molecule has 2 rings (SSSR count). The third kappa shape index (κ3) is 1.82. The minimum atomic E-state index is 0.787. The van der Waals surface area contributed by atoms with Gasteiger partial charge in [-0.15, -0.1) is 0 Å². The van der Waals surface area contributed by atoms with E-state index in [2.05, 4.69) is 42.8 Å². The van der Waals surface area contributed by atoms with Crippen LogP contribution >= 0.6 is 12.6 Å². The minimum Gasteiger partial charge on any atom is -0.490 e. The maximum atomic E-state index is 5.57. The molecule has 3 heteroatoms. The Morgan fingerprint density at radius 1 is 1.50 bits per heavy atom. The second-order valence-electron chi connectivity index (χ2n) is 3.55. The molecule has 0 saturated carbocycles. The third-order valence-corrected chi connectivity index (χ3v) is 2.74. The quantitative estimate of drug-likeness (QED) is 0.748. The van der Waals surface area contributed by atoms with Gasteiger partial charge in [0, 0.05) is 7.05 Å². The zero-order chi connectivity index (χ0) is 9.97. The van der Waals surface area contributed by atoms with Crippen molar-refractivity contribution in [3.8, 4) is 5.75 Å². The van der Waals surface area contributed by atoms with Crippen LogP contribution in [0.1, 0.15) is 5.56 Å². The van der Waals surface area contributed by atoms with Gasteiger partial charge in [0.2, 0.25) is 0 Å². The molecular weight excluding hydrogens is 194 g/mol. The van der Waals surface area contributed by atoms with Crippen LogP contribution in [0.3, 0.4) is 0 Å². The van der Waals surface area contributed by atoms with E-state index in [1.165, 1.54) is 11.3 Å². The number of hydrogen-bond acceptors (Lipinski definition) is 3. The summed E-state index contributed by atoms with van der Waals surface area (Å²) < 4.78 is 5.57. The maximum Gasteiger partial charge on any atom is 0.142 e. The van der Waals surface area contributed by atoms with E-state index in [1.807, 2.05) is 0 Å². The average molecular weight is 209 g/mol. The van der Waals surface area contributed by atoms with Crippen molar-refractivity contribution < 1.29 is 4.74 Å². The van der Waals surface area contributed by atoms with Crippen LogP contribution in [0.25, 0.3) is 0 Å². The summed E-state index contributed by atoms with van der Waals surface area (Å²) in [6.45, 7) is 1.76. The molecule has 0 aromatic heterocycles. The summed E-state index contributed by atoms with van der Waals surface area (Å²) in [5.41, 5.74) is 2.53. The van der Waals surface area contributed by atoms with Crippen molar-refractivity contribution in [2.45, 2.75) is 6.42 Å². The van der Waals surface area contributed by atoms with E-state index in [0.29, 0.717) is 0 Å². The van der Waals surface area contributed by atoms with Crippen molar-refractivity contribution in [2.24, 2.45) is 0 Å². The molecule has 0 N–H and O–H groups in total. The van der Waals surface area contributed by atoms with Gasteiger partial charge >= 0.3 is 0 Å². The Morgan fingerprint density at radius 2 is 2.36 bits per heavy atom. The van der Waals surface area contributed by atoms with Crippen molar-refractivity contribution in [2.75, 3.05) is 30.9 Å².